The highest BCUT2D eigenvalue weighted by Gasteiger charge is 2.36. The van der Waals surface area contributed by atoms with Crippen LogP contribution in [0.15, 0.2) is 47.4 Å². The second-order valence-electron chi connectivity index (χ2n) is 8.85. The normalized spacial score (nSPS) is 16.7. The van der Waals surface area contributed by atoms with Crippen LogP contribution in [0.2, 0.25) is 0 Å². The van der Waals surface area contributed by atoms with Crippen LogP contribution in [0.4, 0.5) is 5.69 Å². The van der Waals surface area contributed by atoms with Gasteiger partial charge in [-0.2, -0.15) is 0 Å². The smallest absolute Gasteiger partial charge is 0.331 e. The molecule has 0 amide bonds. The number of anilines is 1. The van der Waals surface area contributed by atoms with E-state index in [0.29, 0.717) is 12.2 Å². The summed E-state index contributed by atoms with van der Waals surface area (Å²) in [5.41, 5.74) is 3.89. The maximum absolute atomic E-state index is 13.3. The van der Waals surface area contributed by atoms with Crippen LogP contribution >= 0.6 is 0 Å². The standard InChI is InChI=1S/C24H29NO4S/c1-16-7-10-19(11-8-16)30(27,28)25-15-18(3)23-20(17(2)9-13-21(23)25)12-14-22(26)29-24(4,5)6/h7-14,18H,15H2,1-6H3/b14-12+. The van der Waals surface area contributed by atoms with Crippen molar-refractivity contribution in [2.24, 2.45) is 0 Å². The highest BCUT2D eigenvalue weighted by Crippen LogP contribution is 2.42. The van der Waals surface area contributed by atoms with Gasteiger partial charge in [0.25, 0.3) is 10.0 Å². The fraction of sp³-hybridized carbons (Fsp3) is 0.375. The van der Waals surface area contributed by atoms with E-state index in [1.54, 1.807) is 30.3 Å². The maximum Gasteiger partial charge on any atom is 0.331 e. The van der Waals surface area contributed by atoms with Gasteiger partial charge in [0, 0.05) is 18.5 Å². The van der Waals surface area contributed by atoms with Gasteiger partial charge >= 0.3 is 5.97 Å². The number of carbonyl (C=O) groups excluding carboxylic acids is 1. The number of benzene rings is 2. The number of hydrogen-bond acceptors (Lipinski definition) is 4. The molecular formula is C24H29NO4S. The summed E-state index contributed by atoms with van der Waals surface area (Å²) in [5, 5.41) is 0. The van der Waals surface area contributed by atoms with Crippen molar-refractivity contribution in [3.8, 4) is 0 Å². The highest BCUT2D eigenvalue weighted by molar-refractivity contribution is 7.92. The molecule has 0 N–H and O–H groups in total. The van der Waals surface area contributed by atoms with E-state index in [0.717, 1.165) is 22.3 Å². The summed E-state index contributed by atoms with van der Waals surface area (Å²) in [6, 6.07) is 10.6. The molecule has 1 aliphatic heterocycles. The largest absolute Gasteiger partial charge is 0.457 e. The molecule has 0 saturated carbocycles. The van der Waals surface area contributed by atoms with Gasteiger partial charge in [0.05, 0.1) is 10.6 Å². The molecule has 6 heteroatoms. The van der Waals surface area contributed by atoms with E-state index in [9.17, 15) is 13.2 Å². The number of rotatable bonds is 4. The summed E-state index contributed by atoms with van der Waals surface area (Å²) in [6.07, 6.45) is 3.15. The van der Waals surface area contributed by atoms with Gasteiger partial charge in [0.2, 0.25) is 0 Å². The Balaban J connectivity index is 2.01. The topological polar surface area (TPSA) is 63.7 Å². The van der Waals surface area contributed by atoms with Gasteiger partial charge in [-0.1, -0.05) is 30.7 Å². The van der Waals surface area contributed by atoms with E-state index in [1.807, 2.05) is 53.7 Å². The van der Waals surface area contributed by atoms with Gasteiger partial charge in [0.1, 0.15) is 5.60 Å². The van der Waals surface area contributed by atoms with Gasteiger partial charge in [-0.3, -0.25) is 4.31 Å². The van der Waals surface area contributed by atoms with Crippen molar-refractivity contribution in [3.05, 3.63) is 64.7 Å². The Labute approximate surface area is 179 Å². The molecule has 1 heterocycles. The van der Waals surface area contributed by atoms with Gasteiger partial charge in [0.15, 0.2) is 0 Å². The van der Waals surface area contributed by atoms with E-state index < -0.39 is 21.6 Å². The second-order valence-corrected chi connectivity index (χ2v) is 10.7. The molecule has 3 rings (SSSR count). The average molecular weight is 428 g/mol. The van der Waals surface area contributed by atoms with Crippen LogP contribution < -0.4 is 4.31 Å². The van der Waals surface area contributed by atoms with Crippen molar-refractivity contribution in [1.82, 2.24) is 0 Å². The molecule has 1 unspecified atom stereocenters. The molecule has 2 aromatic rings. The lowest BCUT2D eigenvalue weighted by atomic mass is 9.93. The Morgan fingerprint density at radius 3 is 2.33 bits per heavy atom. The first-order valence-corrected chi connectivity index (χ1v) is 11.5. The molecule has 5 nitrogen and oxygen atoms in total. The summed E-state index contributed by atoms with van der Waals surface area (Å²) in [7, 11) is -3.67. The summed E-state index contributed by atoms with van der Waals surface area (Å²) in [4.78, 5) is 12.4. The molecule has 160 valence electrons. The number of aryl methyl sites for hydroxylation is 2. The number of esters is 1. The Morgan fingerprint density at radius 1 is 1.10 bits per heavy atom. The van der Waals surface area contributed by atoms with Crippen molar-refractivity contribution in [2.75, 3.05) is 10.8 Å². The molecule has 0 fully saturated rings. The third kappa shape index (κ3) is 4.43. The first kappa shape index (κ1) is 22.1. The molecule has 2 aromatic carbocycles. The van der Waals surface area contributed by atoms with E-state index in [4.69, 9.17) is 4.74 Å². The lowest BCUT2D eigenvalue weighted by molar-refractivity contribution is -0.148. The summed E-state index contributed by atoms with van der Waals surface area (Å²) in [5.74, 6) is -0.423. The lowest BCUT2D eigenvalue weighted by Gasteiger charge is -2.20. The fourth-order valence-electron chi connectivity index (χ4n) is 3.68. The molecule has 0 aliphatic carbocycles. The number of ether oxygens (including phenoxy) is 1. The minimum atomic E-state index is -3.67. The third-order valence-electron chi connectivity index (χ3n) is 5.09. The number of carbonyl (C=O) groups is 1. The van der Waals surface area contributed by atoms with E-state index >= 15 is 0 Å². The van der Waals surface area contributed by atoms with Crippen LogP contribution in [0, 0.1) is 13.8 Å². The number of nitrogens with zero attached hydrogens (tertiary/aromatic N) is 1. The van der Waals surface area contributed by atoms with Gasteiger partial charge in [-0.25, -0.2) is 13.2 Å². The van der Waals surface area contributed by atoms with Crippen molar-refractivity contribution < 1.29 is 17.9 Å². The molecule has 1 atom stereocenters. The Kier molecular flexibility index (Phi) is 5.83. The van der Waals surface area contributed by atoms with Gasteiger partial charge in [-0.05, 0) is 75.6 Å². The van der Waals surface area contributed by atoms with Gasteiger partial charge < -0.3 is 4.74 Å². The molecule has 30 heavy (non-hydrogen) atoms. The SMILES string of the molecule is Cc1ccc(S(=O)(=O)N2CC(C)c3c2ccc(C)c3/C=C/C(=O)OC(C)(C)C)cc1. The molecule has 0 radical (unpaired) electrons. The van der Waals surface area contributed by atoms with Crippen molar-refractivity contribution in [2.45, 2.75) is 58.0 Å². The number of hydrogen-bond donors (Lipinski definition) is 0. The molecule has 0 spiro atoms. The molecule has 1 aliphatic rings. The lowest BCUT2D eigenvalue weighted by Crippen LogP contribution is -2.29. The van der Waals surface area contributed by atoms with Crippen LogP contribution in [-0.4, -0.2) is 26.5 Å². The van der Waals surface area contributed by atoms with Crippen LogP contribution in [0.3, 0.4) is 0 Å². The second kappa shape index (κ2) is 7.91. The highest BCUT2D eigenvalue weighted by atomic mass is 32.2. The Morgan fingerprint density at radius 2 is 1.73 bits per heavy atom. The molecule has 0 aromatic heterocycles. The zero-order chi connectivity index (χ0) is 22.3. The zero-order valence-electron chi connectivity index (χ0n) is 18.4. The first-order chi connectivity index (χ1) is 13.9. The zero-order valence-corrected chi connectivity index (χ0v) is 19.2. The van der Waals surface area contributed by atoms with Crippen molar-refractivity contribution in [1.29, 1.82) is 0 Å². The van der Waals surface area contributed by atoms with E-state index in [-0.39, 0.29) is 10.8 Å². The number of fused-ring (bicyclic) bond motifs is 1. The van der Waals surface area contributed by atoms with E-state index in [2.05, 4.69) is 0 Å². The maximum atomic E-state index is 13.3. The van der Waals surface area contributed by atoms with Crippen molar-refractivity contribution >= 4 is 27.8 Å². The predicted molar refractivity (Wildman–Crippen MR) is 120 cm³/mol. The minimum Gasteiger partial charge on any atom is -0.457 e. The molecule has 0 saturated heterocycles. The number of sulfonamides is 1. The van der Waals surface area contributed by atoms with Crippen LogP contribution in [0.25, 0.3) is 6.08 Å². The molecule has 0 bridgehead atoms. The van der Waals surface area contributed by atoms with Crippen LogP contribution in [0.5, 0.6) is 0 Å². The minimum absolute atomic E-state index is 0.00147. The average Bonchev–Trinajstić information content (AvgIpc) is 2.97. The Hall–Kier alpha value is -2.60. The quantitative estimate of drug-likeness (QED) is 0.510. The molecular weight excluding hydrogens is 398 g/mol. The van der Waals surface area contributed by atoms with Crippen LogP contribution in [-0.2, 0) is 19.6 Å². The summed E-state index contributed by atoms with van der Waals surface area (Å²) >= 11 is 0. The summed E-state index contributed by atoms with van der Waals surface area (Å²) < 4.78 is 33.4. The first-order valence-electron chi connectivity index (χ1n) is 10.0. The summed E-state index contributed by atoms with van der Waals surface area (Å²) in [6.45, 7) is 11.7. The van der Waals surface area contributed by atoms with Crippen LogP contribution in [0.1, 0.15) is 55.9 Å². The predicted octanol–water partition coefficient (Wildman–Crippen LogP) is 4.97. The van der Waals surface area contributed by atoms with Gasteiger partial charge in [-0.15, -0.1) is 0 Å². The third-order valence-corrected chi connectivity index (χ3v) is 6.88. The van der Waals surface area contributed by atoms with Crippen molar-refractivity contribution in [3.63, 3.8) is 0 Å². The fourth-order valence-corrected chi connectivity index (χ4v) is 5.25. The monoisotopic (exact) mass is 427 g/mol. The Bertz CT molecular complexity index is 1090. The van der Waals surface area contributed by atoms with E-state index in [1.165, 1.54) is 10.4 Å².